The lowest BCUT2D eigenvalue weighted by atomic mass is 9.99. The van der Waals surface area contributed by atoms with Gasteiger partial charge in [0.05, 0.1) is 32.0 Å². The molecule has 1 heterocycles. The van der Waals surface area contributed by atoms with Gasteiger partial charge in [-0.1, -0.05) is 248 Å². The number of hydrogen-bond acceptors (Lipinski definition) is 10. The molecule has 1 rings (SSSR count). The second kappa shape index (κ2) is 57.2. The molecule has 1 aliphatic rings. The van der Waals surface area contributed by atoms with Gasteiger partial charge in [0.25, 0.3) is 0 Å². The number of allylic oxidation sites excluding steroid dienone is 9. The van der Waals surface area contributed by atoms with E-state index >= 15 is 0 Å². The maximum atomic E-state index is 13.0. The Hall–Kier alpha value is -2.64. The maximum Gasteiger partial charge on any atom is 0.305 e. The van der Waals surface area contributed by atoms with Crippen molar-refractivity contribution in [2.45, 2.75) is 339 Å². The van der Waals surface area contributed by atoms with Crippen molar-refractivity contribution in [3.05, 3.63) is 60.8 Å². The van der Waals surface area contributed by atoms with Gasteiger partial charge in [0, 0.05) is 12.8 Å². The molecule has 0 aliphatic carbocycles. The van der Waals surface area contributed by atoms with Crippen LogP contribution in [0.4, 0.5) is 0 Å². The second-order valence-electron chi connectivity index (χ2n) is 22.8. The molecule has 79 heavy (non-hydrogen) atoms. The Kier molecular flexibility index (Phi) is 53.8. The number of aliphatic hydroxyl groups is 5. The summed E-state index contributed by atoms with van der Waals surface area (Å²) < 4.78 is 16.7. The van der Waals surface area contributed by atoms with Crippen molar-refractivity contribution in [2.24, 2.45) is 0 Å². The zero-order valence-corrected chi connectivity index (χ0v) is 50.8. The first kappa shape index (κ1) is 74.4. The van der Waals surface area contributed by atoms with Crippen LogP contribution in [0.2, 0.25) is 0 Å². The SMILES string of the molecule is CCCCC/C=C\C/C=C\CCCCCCCCCC(=O)OCCCCCCCCCCC/C=C\C/C=C\CCCCCCCCCCCC(=O)NC(COC1OC(CO)C(O)C(O)C1O)C(O)/C=C/CCCCCCCCC. The van der Waals surface area contributed by atoms with E-state index in [0.717, 1.165) is 89.9 Å². The molecule has 460 valence electrons. The summed E-state index contributed by atoms with van der Waals surface area (Å²) in [5.41, 5.74) is 0. The van der Waals surface area contributed by atoms with Crippen molar-refractivity contribution in [1.29, 1.82) is 0 Å². The van der Waals surface area contributed by atoms with Gasteiger partial charge in [0.15, 0.2) is 6.29 Å². The molecule has 7 unspecified atom stereocenters. The summed E-state index contributed by atoms with van der Waals surface area (Å²) in [6, 6.07) is -0.814. The average Bonchev–Trinajstić information content (AvgIpc) is 3.47. The highest BCUT2D eigenvalue weighted by Crippen LogP contribution is 2.23. The number of unbranched alkanes of at least 4 members (excludes halogenated alkanes) is 35. The van der Waals surface area contributed by atoms with Gasteiger partial charge in [-0.15, -0.1) is 0 Å². The highest BCUT2D eigenvalue weighted by atomic mass is 16.7. The van der Waals surface area contributed by atoms with Gasteiger partial charge >= 0.3 is 5.97 Å². The third kappa shape index (κ3) is 46.5. The zero-order chi connectivity index (χ0) is 57.3. The van der Waals surface area contributed by atoms with Crippen molar-refractivity contribution < 1.29 is 49.3 Å². The molecule has 0 radical (unpaired) electrons. The van der Waals surface area contributed by atoms with Crippen LogP contribution >= 0.6 is 0 Å². The molecule has 0 aromatic heterocycles. The monoisotopic (exact) mass is 1110 g/mol. The molecule has 0 saturated carbocycles. The number of amides is 1. The Balaban J connectivity index is 1.97. The summed E-state index contributed by atoms with van der Waals surface area (Å²) in [7, 11) is 0. The molecule has 1 saturated heterocycles. The molecule has 0 spiro atoms. The molecule has 0 bridgehead atoms. The van der Waals surface area contributed by atoms with Crippen LogP contribution in [-0.4, -0.2) is 100 Å². The third-order valence-electron chi connectivity index (χ3n) is 15.3. The summed E-state index contributed by atoms with van der Waals surface area (Å²) >= 11 is 0. The van der Waals surface area contributed by atoms with Gasteiger partial charge in [-0.3, -0.25) is 9.59 Å². The van der Waals surface area contributed by atoms with Crippen LogP contribution in [0.1, 0.15) is 296 Å². The topological polar surface area (TPSA) is 175 Å². The van der Waals surface area contributed by atoms with Gasteiger partial charge in [0.2, 0.25) is 5.91 Å². The molecule has 7 atom stereocenters. The predicted octanol–water partition coefficient (Wildman–Crippen LogP) is 16.2. The number of ether oxygens (including phenoxy) is 3. The first-order valence-electron chi connectivity index (χ1n) is 33.1. The molecular weight excluding hydrogens is 991 g/mol. The first-order valence-corrected chi connectivity index (χ1v) is 33.1. The molecule has 1 fully saturated rings. The van der Waals surface area contributed by atoms with E-state index in [9.17, 15) is 35.1 Å². The van der Waals surface area contributed by atoms with Crippen molar-refractivity contribution in [2.75, 3.05) is 19.8 Å². The van der Waals surface area contributed by atoms with E-state index in [1.165, 1.54) is 180 Å². The minimum atomic E-state index is -1.57. The van der Waals surface area contributed by atoms with Crippen LogP contribution in [0.5, 0.6) is 0 Å². The van der Waals surface area contributed by atoms with Crippen molar-refractivity contribution in [3.8, 4) is 0 Å². The van der Waals surface area contributed by atoms with Gasteiger partial charge < -0.3 is 45.1 Å². The van der Waals surface area contributed by atoms with Crippen molar-refractivity contribution in [1.82, 2.24) is 5.32 Å². The highest BCUT2D eigenvalue weighted by Gasteiger charge is 2.44. The number of carbonyl (C=O) groups excluding carboxylic acids is 2. The normalized spacial score (nSPS) is 18.8. The number of rotatable bonds is 57. The summed E-state index contributed by atoms with van der Waals surface area (Å²) in [5, 5.41) is 54.2. The van der Waals surface area contributed by atoms with Gasteiger partial charge in [0.1, 0.15) is 24.4 Å². The van der Waals surface area contributed by atoms with Gasteiger partial charge in [-0.25, -0.2) is 0 Å². The molecule has 11 heteroatoms. The molecule has 6 N–H and O–H groups in total. The fraction of sp³-hybridized carbons (Fsp3) is 0.824. The number of esters is 1. The lowest BCUT2D eigenvalue weighted by Gasteiger charge is -2.40. The van der Waals surface area contributed by atoms with Crippen LogP contribution in [-0.2, 0) is 23.8 Å². The van der Waals surface area contributed by atoms with Crippen molar-refractivity contribution >= 4 is 11.9 Å². The molecule has 1 amide bonds. The summed E-state index contributed by atoms with van der Waals surface area (Å²) in [5.74, 6) is -0.200. The Morgan fingerprint density at radius 3 is 1.30 bits per heavy atom. The molecule has 1 aliphatic heterocycles. The largest absolute Gasteiger partial charge is 0.466 e. The number of aliphatic hydroxyl groups excluding tert-OH is 5. The van der Waals surface area contributed by atoms with Gasteiger partial charge in [-0.05, 0) is 96.3 Å². The smallest absolute Gasteiger partial charge is 0.305 e. The summed E-state index contributed by atoms with van der Waals surface area (Å²) in [6.45, 7) is 4.28. The van der Waals surface area contributed by atoms with E-state index in [2.05, 4.69) is 67.8 Å². The van der Waals surface area contributed by atoms with Crippen LogP contribution in [0.25, 0.3) is 0 Å². The van der Waals surface area contributed by atoms with Crippen LogP contribution in [0, 0.1) is 0 Å². The molecule has 11 nitrogen and oxygen atoms in total. The van der Waals surface area contributed by atoms with E-state index in [4.69, 9.17) is 14.2 Å². The van der Waals surface area contributed by atoms with Crippen molar-refractivity contribution in [3.63, 3.8) is 0 Å². The number of hydrogen-bond donors (Lipinski definition) is 6. The van der Waals surface area contributed by atoms with Crippen LogP contribution in [0.3, 0.4) is 0 Å². The lowest BCUT2D eigenvalue weighted by molar-refractivity contribution is -0.302. The second-order valence-corrected chi connectivity index (χ2v) is 22.8. The van der Waals surface area contributed by atoms with E-state index < -0.39 is 49.5 Å². The Bertz CT molecular complexity index is 1500. The minimum absolute atomic E-state index is 0.00989. The maximum absolute atomic E-state index is 13.0. The Morgan fingerprint density at radius 1 is 0.468 bits per heavy atom. The fourth-order valence-electron chi connectivity index (χ4n) is 10.1. The number of carbonyl (C=O) groups is 2. The summed E-state index contributed by atoms with van der Waals surface area (Å²) in [6.07, 6.45) is 64.9. The zero-order valence-electron chi connectivity index (χ0n) is 50.8. The minimum Gasteiger partial charge on any atom is -0.466 e. The third-order valence-corrected chi connectivity index (χ3v) is 15.3. The van der Waals surface area contributed by atoms with E-state index in [-0.39, 0.29) is 18.5 Å². The molecule has 0 aromatic rings. The van der Waals surface area contributed by atoms with E-state index in [1.54, 1.807) is 6.08 Å². The lowest BCUT2D eigenvalue weighted by Crippen LogP contribution is -2.60. The molecular formula is C68H123NO10. The average molecular weight is 1110 g/mol. The highest BCUT2D eigenvalue weighted by molar-refractivity contribution is 5.76. The first-order chi connectivity index (χ1) is 38.7. The quantitative estimate of drug-likeness (QED) is 0.0195. The Labute approximate surface area is 484 Å². The molecule has 0 aromatic carbocycles. The van der Waals surface area contributed by atoms with Crippen LogP contribution in [0.15, 0.2) is 60.8 Å². The predicted molar refractivity (Wildman–Crippen MR) is 329 cm³/mol. The fourth-order valence-corrected chi connectivity index (χ4v) is 10.1. The van der Waals surface area contributed by atoms with E-state index in [0.29, 0.717) is 19.4 Å². The van der Waals surface area contributed by atoms with Gasteiger partial charge in [-0.2, -0.15) is 0 Å². The standard InChI is InChI=1S/C68H123NO10/c1-3-5-7-9-11-13-14-15-16-26-30-33-36-40-44-48-52-56-64(73)77-57-53-49-45-41-37-34-31-28-25-23-21-19-17-18-20-22-24-27-29-32-35-39-43-47-51-55-63(72)69-60(61(71)54-50-46-42-38-12-10-8-6-4-2)59-78-68-67(76)66(75)65(74)62(58-70)79-68/h11,13,15-16,18-21,50,54,60-62,65-68,70-71,74-76H,3-10,12,14,17,22-49,51-53,55-59H2,1-2H3,(H,69,72)/b13-11-,16-15-,20-18-,21-19-,54-50+. The summed E-state index contributed by atoms with van der Waals surface area (Å²) in [4.78, 5) is 25.1. The van der Waals surface area contributed by atoms with Crippen LogP contribution < -0.4 is 5.32 Å². The number of nitrogens with one attached hydrogen (secondary N) is 1. The Morgan fingerprint density at radius 2 is 0.848 bits per heavy atom. The van der Waals surface area contributed by atoms with E-state index in [1.807, 2.05) is 6.08 Å².